The Labute approximate surface area is 315 Å². The molecule has 0 aliphatic rings. The lowest BCUT2D eigenvalue weighted by Gasteiger charge is -2.14. The van der Waals surface area contributed by atoms with Crippen LogP contribution in [0.5, 0.6) is 0 Å². The van der Waals surface area contributed by atoms with Gasteiger partial charge in [0.05, 0.1) is 11.4 Å². The van der Waals surface area contributed by atoms with Crippen molar-refractivity contribution in [2.45, 2.75) is 0 Å². The number of benzene rings is 6. The van der Waals surface area contributed by atoms with Gasteiger partial charge in [-0.15, -0.1) is 0 Å². The van der Waals surface area contributed by atoms with E-state index in [9.17, 15) is 0 Å². The average Bonchev–Trinajstić information content (AvgIpc) is 3.27. The second kappa shape index (κ2) is 14.7. The van der Waals surface area contributed by atoms with Gasteiger partial charge in [0, 0.05) is 41.5 Å². The monoisotopic (exact) mass is 690 g/mol. The average molecular weight is 691 g/mol. The molecule has 9 aromatic rings. The van der Waals surface area contributed by atoms with E-state index in [1.807, 2.05) is 30.3 Å². The molecule has 6 aromatic carbocycles. The summed E-state index contributed by atoms with van der Waals surface area (Å²) in [7, 11) is 0. The van der Waals surface area contributed by atoms with E-state index in [1.165, 1.54) is 33.4 Å². The number of hydrogen-bond acceptors (Lipinski definition) is 4. The fourth-order valence-electron chi connectivity index (χ4n) is 6.85. The van der Waals surface area contributed by atoms with Crippen molar-refractivity contribution in [1.29, 1.82) is 0 Å². The van der Waals surface area contributed by atoms with Gasteiger partial charge in [0.25, 0.3) is 0 Å². The third kappa shape index (κ3) is 6.97. The predicted octanol–water partition coefficient (Wildman–Crippen LogP) is 12.6. The summed E-state index contributed by atoms with van der Waals surface area (Å²) in [5, 5.41) is 0. The van der Waals surface area contributed by atoms with Crippen LogP contribution in [-0.4, -0.2) is 19.9 Å². The Balaban J connectivity index is 1.12. The molecule has 0 saturated heterocycles. The topological polar surface area (TPSA) is 51.6 Å². The molecule has 0 radical (unpaired) electrons. The van der Waals surface area contributed by atoms with Gasteiger partial charge in [0.15, 0.2) is 5.82 Å². The zero-order valence-electron chi connectivity index (χ0n) is 29.4. The maximum atomic E-state index is 5.02. The number of hydrogen-bond donors (Lipinski definition) is 0. The zero-order valence-corrected chi connectivity index (χ0v) is 29.4. The molecule has 0 aliphatic heterocycles. The Hall–Kier alpha value is -7.30. The lowest BCUT2D eigenvalue weighted by atomic mass is 9.91. The van der Waals surface area contributed by atoms with E-state index < -0.39 is 0 Å². The molecule has 0 atom stereocenters. The fraction of sp³-hybridized carbons (Fsp3) is 0. The summed E-state index contributed by atoms with van der Waals surface area (Å²) in [5.41, 5.74) is 16.3. The lowest BCUT2D eigenvalue weighted by Crippen LogP contribution is -1.96. The summed E-state index contributed by atoms with van der Waals surface area (Å²) in [4.78, 5) is 18.3. The molecule has 0 fully saturated rings. The molecular formula is C50H34N4. The molecule has 0 N–H and O–H groups in total. The number of nitrogens with zero attached hydrogens (tertiary/aromatic N) is 4. The largest absolute Gasteiger partial charge is 0.265 e. The highest BCUT2D eigenvalue weighted by molar-refractivity contribution is 5.84. The van der Waals surface area contributed by atoms with Gasteiger partial charge in [-0.05, 0) is 110 Å². The summed E-state index contributed by atoms with van der Waals surface area (Å²) in [6.07, 6.45) is 7.11. The van der Waals surface area contributed by atoms with Crippen molar-refractivity contribution in [2.24, 2.45) is 0 Å². The third-order valence-electron chi connectivity index (χ3n) is 9.72. The molecule has 0 aliphatic carbocycles. The van der Waals surface area contributed by atoms with E-state index in [0.29, 0.717) is 5.82 Å². The molecular weight excluding hydrogens is 657 g/mol. The Morgan fingerprint density at radius 3 is 1.07 bits per heavy atom. The summed E-state index contributed by atoms with van der Waals surface area (Å²) in [6.45, 7) is 0. The maximum absolute atomic E-state index is 5.02. The zero-order chi connectivity index (χ0) is 36.1. The molecule has 254 valence electrons. The van der Waals surface area contributed by atoms with Gasteiger partial charge in [-0.2, -0.15) is 0 Å². The molecule has 0 saturated carbocycles. The molecule has 0 amide bonds. The first kappa shape index (κ1) is 32.6. The maximum Gasteiger partial charge on any atom is 0.160 e. The molecule has 3 heterocycles. The highest BCUT2D eigenvalue weighted by Crippen LogP contribution is 2.36. The molecule has 0 spiro atoms. The summed E-state index contributed by atoms with van der Waals surface area (Å²) in [5.74, 6) is 0.652. The van der Waals surface area contributed by atoms with Crippen LogP contribution in [0.1, 0.15) is 0 Å². The van der Waals surface area contributed by atoms with Crippen LogP contribution < -0.4 is 0 Å². The van der Waals surface area contributed by atoms with Crippen molar-refractivity contribution < 1.29 is 0 Å². The smallest absolute Gasteiger partial charge is 0.160 e. The molecule has 0 unspecified atom stereocenters. The first-order chi connectivity index (χ1) is 26.7. The van der Waals surface area contributed by atoms with E-state index in [1.54, 1.807) is 24.8 Å². The van der Waals surface area contributed by atoms with Crippen molar-refractivity contribution in [3.63, 3.8) is 0 Å². The van der Waals surface area contributed by atoms with Crippen LogP contribution >= 0.6 is 0 Å². The van der Waals surface area contributed by atoms with Crippen molar-refractivity contribution in [3.05, 3.63) is 207 Å². The van der Waals surface area contributed by atoms with Gasteiger partial charge < -0.3 is 0 Å². The van der Waals surface area contributed by atoms with Gasteiger partial charge in [-0.1, -0.05) is 127 Å². The van der Waals surface area contributed by atoms with Gasteiger partial charge >= 0.3 is 0 Å². The lowest BCUT2D eigenvalue weighted by molar-refractivity contribution is 1.17. The Morgan fingerprint density at radius 2 is 0.556 bits per heavy atom. The highest BCUT2D eigenvalue weighted by atomic mass is 14.9. The standard InChI is InChI=1S/C50H34N4/c1-3-8-35(9-4-1)37-14-16-38(17-15-37)45-31-46(33-47(32-45)44-13-7-12-43(30-44)36-10-5-2-6-11-36)39-18-20-40(21-19-39)48-34-49(41-22-26-51-27-23-41)54-50(53-48)42-24-28-52-29-25-42/h1-34H. The van der Waals surface area contributed by atoms with Crippen LogP contribution in [0.15, 0.2) is 207 Å². The Kier molecular flexibility index (Phi) is 8.90. The molecule has 4 nitrogen and oxygen atoms in total. The number of rotatable bonds is 8. The van der Waals surface area contributed by atoms with Crippen molar-refractivity contribution in [1.82, 2.24) is 19.9 Å². The summed E-state index contributed by atoms with van der Waals surface area (Å²) >= 11 is 0. The first-order valence-electron chi connectivity index (χ1n) is 18.0. The van der Waals surface area contributed by atoms with Crippen LogP contribution in [0, 0.1) is 0 Å². The molecule has 3 aromatic heterocycles. The second-order valence-electron chi connectivity index (χ2n) is 13.2. The normalized spacial score (nSPS) is 11.0. The molecule has 9 rings (SSSR count). The SMILES string of the molecule is c1ccc(-c2ccc(-c3cc(-c4ccc(-c5cc(-c6ccncc6)nc(-c6ccncc6)n5)cc4)cc(-c4cccc(-c5ccccc5)c4)c3)cc2)cc1. The van der Waals surface area contributed by atoms with Gasteiger partial charge in [0.2, 0.25) is 0 Å². The van der Waals surface area contributed by atoms with Gasteiger partial charge in [-0.25, -0.2) is 9.97 Å². The van der Waals surface area contributed by atoms with Crippen LogP contribution in [0.2, 0.25) is 0 Å². The first-order valence-corrected chi connectivity index (χ1v) is 18.0. The number of pyridine rings is 2. The van der Waals surface area contributed by atoms with E-state index >= 15 is 0 Å². The van der Waals surface area contributed by atoms with Gasteiger partial charge in [0.1, 0.15) is 0 Å². The summed E-state index contributed by atoms with van der Waals surface area (Å²) < 4.78 is 0. The molecule has 4 heteroatoms. The van der Waals surface area contributed by atoms with E-state index in [0.717, 1.165) is 50.3 Å². The van der Waals surface area contributed by atoms with Crippen LogP contribution in [0.3, 0.4) is 0 Å². The van der Waals surface area contributed by atoms with Crippen LogP contribution in [0.25, 0.3) is 89.5 Å². The van der Waals surface area contributed by atoms with E-state index in [-0.39, 0.29) is 0 Å². The van der Waals surface area contributed by atoms with Crippen LogP contribution in [0.4, 0.5) is 0 Å². The molecule has 54 heavy (non-hydrogen) atoms. The van der Waals surface area contributed by atoms with E-state index in [4.69, 9.17) is 9.97 Å². The minimum atomic E-state index is 0.652. The Bertz CT molecular complexity index is 2600. The third-order valence-corrected chi connectivity index (χ3v) is 9.72. The summed E-state index contributed by atoms with van der Waals surface area (Å²) in [6, 6.07) is 64.2. The van der Waals surface area contributed by atoms with Crippen LogP contribution in [-0.2, 0) is 0 Å². The van der Waals surface area contributed by atoms with Gasteiger partial charge in [-0.3, -0.25) is 9.97 Å². The fourth-order valence-corrected chi connectivity index (χ4v) is 6.85. The highest BCUT2D eigenvalue weighted by Gasteiger charge is 2.13. The van der Waals surface area contributed by atoms with Crippen molar-refractivity contribution in [3.8, 4) is 89.5 Å². The predicted molar refractivity (Wildman–Crippen MR) is 221 cm³/mol. The second-order valence-corrected chi connectivity index (χ2v) is 13.2. The minimum absolute atomic E-state index is 0.652. The van der Waals surface area contributed by atoms with E-state index in [2.05, 4.69) is 162 Å². The number of aromatic nitrogens is 4. The van der Waals surface area contributed by atoms with Crippen molar-refractivity contribution >= 4 is 0 Å². The quantitative estimate of drug-likeness (QED) is 0.159. The molecule has 0 bridgehead atoms. The van der Waals surface area contributed by atoms with Crippen molar-refractivity contribution in [2.75, 3.05) is 0 Å². The Morgan fingerprint density at radius 1 is 0.222 bits per heavy atom. The minimum Gasteiger partial charge on any atom is -0.265 e.